The number of hydrogen-bond donors (Lipinski definition) is 2. The van der Waals surface area contributed by atoms with Gasteiger partial charge < -0.3 is 14.8 Å². The quantitative estimate of drug-likeness (QED) is 0.600. The molecule has 0 bridgehead atoms. The van der Waals surface area contributed by atoms with Crippen LogP contribution in [-0.2, 0) is 5.60 Å². The average molecular weight is 396 g/mol. The van der Waals surface area contributed by atoms with Gasteiger partial charge in [-0.05, 0) is 39.0 Å². The monoisotopic (exact) mass is 395 g/mol. The maximum absolute atomic E-state index is 14.2. The third-order valence-corrected chi connectivity index (χ3v) is 4.61. The fraction of sp³-hybridized carbons (Fsp3) is 0.211. The van der Waals surface area contributed by atoms with E-state index in [-0.39, 0.29) is 26.9 Å². The van der Waals surface area contributed by atoms with Crippen molar-refractivity contribution in [3.05, 3.63) is 63.1 Å². The van der Waals surface area contributed by atoms with Crippen molar-refractivity contribution in [1.29, 1.82) is 0 Å². The zero-order valence-electron chi connectivity index (χ0n) is 14.3. The van der Waals surface area contributed by atoms with Gasteiger partial charge in [0.25, 0.3) is 5.91 Å². The van der Waals surface area contributed by atoms with E-state index in [9.17, 15) is 14.3 Å². The van der Waals surface area contributed by atoms with Crippen LogP contribution in [0.2, 0.25) is 10.0 Å². The molecule has 3 aromatic rings. The summed E-state index contributed by atoms with van der Waals surface area (Å²) in [5.41, 5.74) is -0.314. The number of hydrogen-bond acceptors (Lipinski definition) is 3. The number of fused-ring (bicyclic) bond motifs is 1. The first-order valence-electron chi connectivity index (χ1n) is 7.80. The van der Waals surface area contributed by atoms with Crippen LogP contribution in [0.3, 0.4) is 0 Å². The lowest BCUT2D eigenvalue weighted by atomic mass is 9.95. The van der Waals surface area contributed by atoms with Gasteiger partial charge in [0.2, 0.25) is 0 Å². The lowest BCUT2D eigenvalue weighted by molar-refractivity contribution is 0.0783. The third kappa shape index (κ3) is 3.30. The number of halogens is 3. The highest BCUT2D eigenvalue weighted by Crippen LogP contribution is 2.38. The van der Waals surface area contributed by atoms with Gasteiger partial charge in [-0.1, -0.05) is 29.3 Å². The second kappa shape index (κ2) is 6.58. The molecule has 26 heavy (non-hydrogen) atoms. The molecule has 7 heteroatoms. The van der Waals surface area contributed by atoms with Crippen molar-refractivity contribution in [3.8, 4) is 0 Å². The molecule has 0 spiro atoms. The molecule has 0 fully saturated rings. The number of carbonyl (C=O) groups is 1. The van der Waals surface area contributed by atoms with Crippen LogP contribution in [0.4, 0.5) is 10.1 Å². The summed E-state index contributed by atoms with van der Waals surface area (Å²) >= 11 is 12.1. The minimum Gasteiger partial charge on any atom is -0.459 e. The summed E-state index contributed by atoms with van der Waals surface area (Å²) in [4.78, 5) is 12.6. The Morgan fingerprint density at radius 3 is 2.42 bits per heavy atom. The molecule has 1 aromatic heterocycles. The molecule has 136 valence electrons. The summed E-state index contributed by atoms with van der Waals surface area (Å²) in [6.07, 6.45) is 0. The molecular formula is C19H16Cl2FNO3. The Morgan fingerprint density at radius 2 is 1.85 bits per heavy atom. The molecule has 4 nitrogen and oxygen atoms in total. The van der Waals surface area contributed by atoms with Gasteiger partial charge >= 0.3 is 0 Å². The highest BCUT2D eigenvalue weighted by Gasteiger charge is 2.27. The summed E-state index contributed by atoms with van der Waals surface area (Å²) in [5.74, 6) is -0.736. The van der Waals surface area contributed by atoms with Gasteiger partial charge in [-0.3, -0.25) is 4.79 Å². The lowest BCUT2D eigenvalue weighted by Crippen LogP contribution is -2.16. The molecule has 0 aliphatic carbocycles. The van der Waals surface area contributed by atoms with Crippen LogP contribution in [0.5, 0.6) is 0 Å². The number of nitrogens with one attached hydrogen (secondary N) is 1. The Balaban J connectivity index is 2.13. The fourth-order valence-corrected chi connectivity index (χ4v) is 3.60. The number of amides is 1. The predicted molar refractivity (Wildman–Crippen MR) is 101 cm³/mol. The van der Waals surface area contributed by atoms with Crippen LogP contribution in [0, 0.1) is 12.7 Å². The van der Waals surface area contributed by atoms with Crippen molar-refractivity contribution in [2.45, 2.75) is 26.4 Å². The first-order chi connectivity index (χ1) is 12.1. The normalized spacial score (nSPS) is 11.8. The van der Waals surface area contributed by atoms with Crippen molar-refractivity contribution < 1.29 is 18.7 Å². The minimum atomic E-state index is -1.24. The molecule has 0 atom stereocenters. The van der Waals surface area contributed by atoms with Crippen molar-refractivity contribution in [1.82, 2.24) is 0 Å². The third-order valence-electron chi connectivity index (χ3n) is 3.98. The van der Waals surface area contributed by atoms with E-state index in [1.54, 1.807) is 26.8 Å². The number of benzene rings is 2. The van der Waals surface area contributed by atoms with Gasteiger partial charge in [0.1, 0.15) is 11.6 Å². The van der Waals surface area contributed by atoms with Crippen LogP contribution in [0.1, 0.15) is 35.5 Å². The van der Waals surface area contributed by atoms with Gasteiger partial charge in [0.05, 0.1) is 26.9 Å². The Hall–Kier alpha value is -2.08. The highest BCUT2D eigenvalue weighted by molar-refractivity contribution is 6.40. The molecule has 2 N–H and O–H groups in total. The van der Waals surface area contributed by atoms with Crippen LogP contribution in [-0.4, -0.2) is 11.0 Å². The molecule has 0 radical (unpaired) electrons. The predicted octanol–water partition coefficient (Wildman–Crippen LogP) is 5.67. The number of anilines is 1. The van der Waals surface area contributed by atoms with Crippen molar-refractivity contribution in [3.63, 3.8) is 0 Å². The summed E-state index contributed by atoms with van der Waals surface area (Å²) in [6.45, 7) is 4.83. The van der Waals surface area contributed by atoms with Gasteiger partial charge in [-0.15, -0.1) is 0 Å². The average Bonchev–Trinajstić information content (AvgIpc) is 2.83. The molecule has 0 saturated carbocycles. The highest BCUT2D eigenvalue weighted by atomic mass is 35.5. The molecule has 0 aliphatic heterocycles. The topological polar surface area (TPSA) is 62.5 Å². The number of carbonyl (C=O) groups excluding carboxylic acids is 1. The van der Waals surface area contributed by atoms with E-state index in [4.69, 9.17) is 27.6 Å². The lowest BCUT2D eigenvalue weighted by Gasteiger charge is -2.17. The SMILES string of the molecule is Cc1oc2c(NC(=O)c3c(Cl)cccc3Cl)cc(F)cc2c1C(C)(C)O. The zero-order valence-corrected chi connectivity index (χ0v) is 15.8. The van der Waals surface area contributed by atoms with Crippen molar-refractivity contribution in [2.75, 3.05) is 5.32 Å². The van der Waals surface area contributed by atoms with Crippen molar-refractivity contribution >= 4 is 45.8 Å². The number of furan rings is 1. The molecule has 1 amide bonds. The summed E-state index contributed by atoms with van der Waals surface area (Å²) in [5, 5.41) is 13.7. The summed E-state index contributed by atoms with van der Waals surface area (Å²) in [7, 11) is 0. The Morgan fingerprint density at radius 1 is 1.23 bits per heavy atom. The van der Waals surface area contributed by atoms with E-state index in [0.717, 1.165) is 6.07 Å². The number of rotatable bonds is 3. The molecule has 2 aromatic carbocycles. The van der Waals surface area contributed by atoms with E-state index in [1.165, 1.54) is 18.2 Å². The Kier molecular flexibility index (Phi) is 4.73. The Labute approximate surface area is 159 Å². The number of aryl methyl sites for hydroxylation is 1. The molecule has 3 rings (SSSR count). The van der Waals surface area contributed by atoms with Crippen LogP contribution < -0.4 is 5.32 Å². The van der Waals surface area contributed by atoms with E-state index in [1.807, 2.05) is 0 Å². The molecular weight excluding hydrogens is 380 g/mol. The fourth-order valence-electron chi connectivity index (χ4n) is 3.04. The maximum atomic E-state index is 14.2. The van der Waals surface area contributed by atoms with Crippen molar-refractivity contribution in [2.24, 2.45) is 0 Å². The van der Waals surface area contributed by atoms with Gasteiger partial charge in [0, 0.05) is 17.0 Å². The zero-order chi connectivity index (χ0) is 19.2. The van der Waals surface area contributed by atoms with Gasteiger partial charge in [-0.25, -0.2) is 4.39 Å². The van der Waals surface area contributed by atoms with Gasteiger partial charge in [-0.2, -0.15) is 0 Å². The minimum absolute atomic E-state index is 0.0826. The molecule has 0 aliphatic rings. The van der Waals surface area contributed by atoms with E-state index >= 15 is 0 Å². The second-order valence-corrected chi connectivity index (χ2v) is 7.29. The van der Waals surface area contributed by atoms with E-state index in [2.05, 4.69) is 5.32 Å². The van der Waals surface area contributed by atoms with Crippen LogP contribution in [0.25, 0.3) is 11.0 Å². The van der Waals surface area contributed by atoms with Crippen LogP contribution in [0.15, 0.2) is 34.7 Å². The first kappa shape index (κ1) is 18.7. The summed E-state index contributed by atoms with van der Waals surface area (Å²) in [6, 6.07) is 7.09. The molecule has 0 unspecified atom stereocenters. The largest absolute Gasteiger partial charge is 0.459 e. The molecule has 1 heterocycles. The van der Waals surface area contributed by atoms with Gasteiger partial charge in [0.15, 0.2) is 5.58 Å². The standard InChI is InChI=1S/C19H16Cl2FNO3/c1-9-16(19(2,3)25)11-7-10(22)8-14(17(11)26-9)23-18(24)15-12(20)5-4-6-13(15)21/h4-8,25H,1-3H3,(H,23,24). The van der Waals surface area contributed by atoms with E-state index < -0.39 is 17.3 Å². The molecule has 0 saturated heterocycles. The van der Waals surface area contributed by atoms with Crippen LogP contribution >= 0.6 is 23.2 Å². The Bertz CT molecular complexity index is 1000. The maximum Gasteiger partial charge on any atom is 0.258 e. The smallest absolute Gasteiger partial charge is 0.258 e. The summed E-state index contributed by atoms with van der Waals surface area (Å²) < 4.78 is 19.9. The van der Waals surface area contributed by atoms with E-state index in [0.29, 0.717) is 16.7 Å². The number of aliphatic hydroxyl groups is 1. The second-order valence-electron chi connectivity index (χ2n) is 6.47. The first-order valence-corrected chi connectivity index (χ1v) is 8.56.